The quantitative estimate of drug-likeness (QED) is 0.479. The highest BCUT2D eigenvalue weighted by Crippen LogP contribution is 2.04. The van der Waals surface area contributed by atoms with E-state index < -0.39 is 0 Å². The molecule has 1 heterocycles. The highest BCUT2D eigenvalue weighted by Gasteiger charge is 2.19. The summed E-state index contributed by atoms with van der Waals surface area (Å²) in [5.41, 5.74) is 1.11. The summed E-state index contributed by atoms with van der Waals surface area (Å²) in [5, 5.41) is 15.3. The zero-order chi connectivity index (χ0) is 15.8. The second kappa shape index (κ2) is 8.15. The van der Waals surface area contributed by atoms with E-state index in [1.807, 2.05) is 6.07 Å². The molecule has 2 N–H and O–H groups in total. The highest BCUT2D eigenvalue weighted by molar-refractivity contribution is 5.97. The van der Waals surface area contributed by atoms with E-state index in [2.05, 4.69) is 10.6 Å². The van der Waals surface area contributed by atoms with Gasteiger partial charge in [-0.05, 0) is 24.1 Å². The van der Waals surface area contributed by atoms with Gasteiger partial charge in [-0.3, -0.25) is 4.79 Å². The van der Waals surface area contributed by atoms with Gasteiger partial charge < -0.3 is 15.5 Å². The zero-order valence-electron chi connectivity index (χ0n) is 12.3. The van der Waals surface area contributed by atoms with Crippen LogP contribution in [0, 0.1) is 17.1 Å². The number of amides is 1. The Morgan fingerprint density at radius 3 is 2.68 bits per heavy atom. The van der Waals surface area contributed by atoms with Crippen molar-refractivity contribution in [2.75, 3.05) is 32.7 Å². The van der Waals surface area contributed by atoms with Crippen LogP contribution in [0.4, 0.5) is 4.39 Å². The van der Waals surface area contributed by atoms with Crippen LogP contribution in [0.5, 0.6) is 0 Å². The van der Waals surface area contributed by atoms with Crippen LogP contribution in [0.1, 0.15) is 5.56 Å². The summed E-state index contributed by atoms with van der Waals surface area (Å²) in [6.07, 6.45) is 2.16. The van der Waals surface area contributed by atoms with Crippen molar-refractivity contribution in [3.8, 4) is 6.07 Å². The van der Waals surface area contributed by atoms with E-state index in [-0.39, 0.29) is 17.3 Å². The van der Waals surface area contributed by atoms with Crippen molar-refractivity contribution in [2.45, 2.75) is 6.42 Å². The standard InChI is InChI=1S/C16H19FN4O/c17-15-3-1-13(2-4-15)5-6-20-12-14(11-18)16(22)21-9-7-19-8-10-21/h1-4,12,19-20H,5-10H2/b14-12-. The van der Waals surface area contributed by atoms with Crippen molar-refractivity contribution < 1.29 is 9.18 Å². The first kappa shape index (κ1) is 16.0. The third-order valence-corrected chi connectivity index (χ3v) is 3.47. The summed E-state index contributed by atoms with van der Waals surface area (Å²) in [4.78, 5) is 13.8. The molecule has 1 aliphatic rings. The molecule has 1 amide bonds. The first-order valence-corrected chi connectivity index (χ1v) is 7.29. The van der Waals surface area contributed by atoms with Gasteiger partial charge >= 0.3 is 0 Å². The third kappa shape index (κ3) is 4.57. The predicted molar refractivity (Wildman–Crippen MR) is 81.3 cm³/mol. The maximum atomic E-state index is 12.8. The summed E-state index contributed by atoms with van der Waals surface area (Å²) in [6, 6.07) is 8.22. The van der Waals surface area contributed by atoms with E-state index >= 15 is 0 Å². The number of halogens is 1. The molecule has 0 bridgehead atoms. The van der Waals surface area contributed by atoms with Crippen molar-refractivity contribution in [2.24, 2.45) is 0 Å². The molecule has 6 heteroatoms. The second-order valence-corrected chi connectivity index (χ2v) is 5.04. The Morgan fingerprint density at radius 1 is 1.36 bits per heavy atom. The van der Waals surface area contributed by atoms with E-state index in [0.29, 0.717) is 26.1 Å². The maximum absolute atomic E-state index is 12.8. The normalized spacial score (nSPS) is 15.3. The van der Waals surface area contributed by atoms with Gasteiger partial charge in [0.05, 0.1) is 0 Å². The fraction of sp³-hybridized carbons (Fsp3) is 0.375. The van der Waals surface area contributed by atoms with Crippen LogP contribution in [0.15, 0.2) is 36.0 Å². The molecule has 0 aromatic heterocycles. The molecule has 22 heavy (non-hydrogen) atoms. The van der Waals surface area contributed by atoms with Crippen LogP contribution in [-0.2, 0) is 11.2 Å². The van der Waals surface area contributed by atoms with Crippen molar-refractivity contribution in [1.29, 1.82) is 5.26 Å². The van der Waals surface area contributed by atoms with Crippen LogP contribution in [-0.4, -0.2) is 43.5 Å². The Bertz CT molecular complexity index is 571. The van der Waals surface area contributed by atoms with Crippen molar-refractivity contribution in [1.82, 2.24) is 15.5 Å². The van der Waals surface area contributed by atoms with Crippen molar-refractivity contribution in [3.63, 3.8) is 0 Å². The van der Waals surface area contributed by atoms with Gasteiger partial charge in [-0.15, -0.1) is 0 Å². The molecular formula is C16H19FN4O. The number of rotatable bonds is 5. The first-order valence-electron chi connectivity index (χ1n) is 7.29. The first-order chi connectivity index (χ1) is 10.7. The Labute approximate surface area is 129 Å². The van der Waals surface area contributed by atoms with Gasteiger partial charge in [0.2, 0.25) is 0 Å². The van der Waals surface area contributed by atoms with Crippen LogP contribution < -0.4 is 10.6 Å². The van der Waals surface area contributed by atoms with Crippen LogP contribution in [0.2, 0.25) is 0 Å². The lowest BCUT2D eigenvalue weighted by molar-refractivity contribution is -0.127. The number of piperazine rings is 1. The molecule has 1 fully saturated rings. The summed E-state index contributed by atoms with van der Waals surface area (Å²) in [5.74, 6) is -0.497. The SMILES string of the molecule is N#C/C(=C/NCCc1ccc(F)cc1)C(=O)N1CCNCC1. The number of hydrogen-bond acceptors (Lipinski definition) is 4. The van der Waals surface area contributed by atoms with Crippen LogP contribution in [0.3, 0.4) is 0 Å². The third-order valence-electron chi connectivity index (χ3n) is 3.47. The number of nitriles is 1. The summed E-state index contributed by atoms with van der Waals surface area (Å²) in [7, 11) is 0. The Kier molecular flexibility index (Phi) is 5.92. The van der Waals surface area contributed by atoms with Gasteiger partial charge in [0.25, 0.3) is 5.91 Å². The van der Waals surface area contributed by atoms with Crippen molar-refractivity contribution in [3.05, 3.63) is 47.4 Å². The average molecular weight is 302 g/mol. The van der Waals surface area contributed by atoms with Crippen LogP contribution in [0.25, 0.3) is 0 Å². The van der Waals surface area contributed by atoms with Gasteiger partial charge in [-0.2, -0.15) is 5.26 Å². The molecule has 0 aliphatic carbocycles. The largest absolute Gasteiger partial charge is 0.389 e. The van der Waals surface area contributed by atoms with E-state index in [1.54, 1.807) is 17.0 Å². The zero-order valence-corrected chi connectivity index (χ0v) is 12.3. The van der Waals surface area contributed by atoms with E-state index in [0.717, 1.165) is 18.7 Å². The van der Waals surface area contributed by atoms with Gasteiger partial charge in [0, 0.05) is 38.9 Å². The molecule has 0 saturated carbocycles. The van der Waals surface area contributed by atoms with E-state index in [1.165, 1.54) is 18.3 Å². The molecule has 0 unspecified atom stereocenters. The molecule has 5 nitrogen and oxygen atoms in total. The minimum absolute atomic E-state index is 0.112. The predicted octanol–water partition coefficient (Wildman–Crippen LogP) is 0.797. The number of nitrogens with zero attached hydrogens (tertiary/aromatic N) is 2. The molecule has 116 valence electrons. The molecule has 1 saturated heterocycles. The number of benzene rings is 1. The molecule has 0 atom stereocenters. The van der Waals surface area contributed by atoms with Gasteiger partial charge in [-0.1, -0.05) is 12.1 Å². The van der Waals surface area contributed by atoms with Crippen LogP contribution >= 0.6 is 0 Å². The van der Waals surface area contributed by atoms with E-state index in [4.69, 9.17) is 5.26 Å². The molecule has 1 aromatic rings. The molecule has 1 aromatic carbocycles. The smallest absolute Gasteiger partial charge is 0.266 e. The second-order valence-electron chi connectivity index (χ2n) is 5.04. The number of hydrogen-bond donors (Lipinski definition) is 2. The minimum Gasteiger partial charge on any atom is -0.389 e. The highest BCUT2D eigenvalue weighted by atomic mass is 19.1. The Morgan fingerprint density at radius 2 is 2.05 bits per heavy atom. The summed E-state index contributed by atoms with van der Waals surface area (Å²) in [6.45, 7) is 3.32. The topological polar surface area (TPSA) is 68.2 Å². The lowest BCUT2D eigenvalue weighted by Crippen LogP contribution is -2.46. The lowest BCUT2D eigenvalue weighted by atomic mass is 10.1. The molecule has 1 aliphatic heterocycles. The fourth-order valence-electron chi connectivity index (χ4n) is 2.22. The Balaban J connectivity index is 1.83. The molecule has 2 rings (SSSR count). The molecular weight excluding hydrogens is 283 g/mol. The monoisotopic (exact) mass is 302 g/mol. The number of carbonyl (C=O) groups excluding carboxylic acids is 1. The van der Waals surface area contributed by atoms with Gasteiger partial charge in [0.15, 0.2) is 0 Å². The summed E-state index contributed by atoms with van der Waals surface area (Å²) < 4.78 is 12.8. The minimum atomic E-state index is -0.259. The van der Waals surface area contributed by atoms with Crippen molar-refractivity contribution >= 4 is 5.91 Å². The van der Waals surface area contributed by atoms with Gasteiger partial charge in [-0.25, -0.2) is 4.39 Å². The number of nitrogens with one attached hydrogen (secondary N) is 2. The molecule has 0 radical (unpaired) electrons. The number of carbonyl (C=O) groups is 1. The van der Waals surface area contributed by atoms with Gasteiger partial charge in [0.1, 0.15) is 17.5 Å². The average Bonchev–Trinajstić information content (AvgIpc) is 2.57. The summed E-state index contributed by atoms with van der Waals surface area (Å²) >= 11 is 0. The van der Waals surface area contributed by atoms with E-state index in [9.17, 15) is 9.18 Å². The lowest BCUT2D eigenvalue weighted by Gasteiger charge is -2.27. The fourth-order valence-corrected chi connectivity index (χ4v) is 2.22. The Hall–Kier alpha value is -2.39. The maximum Gasteiger partial charge on any atom is 0.266 e. The molecule has 0 spiro atoms.